The minimum absolute atomic E-state index is 0.192. The molecule has 0 aromatic heterocycles. The van der Waals surface area contributed by atoms with Crippen LogP contribution in [0.4, 0.5) is 11.4 Å². The SMILES string of the molecule is CC(=O)Nc1cccc(N2C(=O)[C@@H](C)[C@@H](Cc3ccc(C)cc3)C2=O)c1. The molecule has 2 aromatic carbocycles. The number of hydrogen-bond donors (Lipinski definition) is 1. The second-order valence-electron chi connectivity index (χ2n) is 6.83. The highest BCUT2D eigenvalue weighted by Gasteiger charge is 2.45. The lowest BCUT2D eigenvalue weighted by Crippen LogP contribution is -2.31. The average molecular weight is 350 g/mol. The van der Waals surface area contributed by atoms with Gasteiger partial charge < -0.3 is 5.32 Å². The van der Waals surface area contributed by atoms with Crippen LogP contribution in [0.5, 0.6) is 0 Å². The van der Waals surface area contributed by atoms with E-state index in [0.29, 0.717) is 17.8 Å². The Hall–Kier alpha value is -2.95. The molecule has 2 aromatic rings. The number of nitrogens with zero attached hydrogens (tertiary/aromatic N) is 1. The fraction of sp³-hybridized carbons (Fsp3) is 0.286. The molecule has 0 saturated carbocycles. The quantitative estimate of drug-likeness (QED) is 0.860. The van der Waals surface area contributed by atoms with Crippen molar-refractivity contribution in [2.45, 2.75) is 27.2 Å². The van der Waals surface area contributed by atoms with Crippen molar-refractivity contribution < 1.29 is 14.4 Å². The van der Waals surface area contributed by atoms with Gasteiger partial charge in [-0.3, -0.25) is 14.4 Å². The molecule has 1 aliphatic rings. The highest BCUT2D eigenvalue weighted by atomic mass is 16.2. The lowest BCUT2D eigenvalue weighted by molar-refractivity contribution is -0.122. The number of carbonyl (C=O) groups is 3. The number of carbonyl (C=O) groups excluding carboxylic acids is 3. The molecule has 5 heteroatoms. The standard InChI is InChI=1S/C21H22N2O3/c1-13-7-9-16(10-8-13)11-19-14(2)20(25)23(21(19)26)18-6-4-5-17(12-18)22-15(3)24/h4-10,12,14,19H,11H2,1-3H3,(H,22,24)/t14-,19+/m0/s1. The van der Waals surface area contributed by atoms with Crippen molar-refractivity contribution in [1.82, 2.24) is 0 Å². The summed E-state index contributed by atoms with van der Waals surface area (Å²) in [5.74, 6) is -1.36. The third-order valence-corrected chi connectivity index (χ3v) is 4.75. The topological polar surface area (TPSA) is 66.5 Å². The molecule has 5 nitrogen and oxygen atoms in total. The summed E-state index contributed by atoms with van der Waals surface area (Å²) < 4.78 is 0. The van der Waals surface area contributed by atoms with E-state index in [2.05, 4.69) is 5.32 Å². The summed E-state index contributed by atoms with van der Waals surface area (Å²) in [6.45, 7) is 5.23. The van der Waals surface area contributed by atoms with Gasteiger partial charge in [-0.2, -0.15) is 0 Å². The van der Waals surface area contributed by atoms with Gasteiger partial charge >= 0.3 is 0 Å². The zero-order valence-corrected chi connectivity index (χ0v) is 15.2. The lowest BCUT2D eigenvalue weighted by Gasteiger charge is -2.16. The highest BCUT2D eigenvalue weighted by molar-refractivity contribution is 6.22. The highest BCUT2D eigenvalue weighted by Crippen LogP contribution is 2.34. The smallest absolute Gasteiger partial charge is 0.238 e. The maximum atomic E-state index is 12.9. The summed E-state index contributed by atoms with van der Waals surface area (Å²) in [4.78, 5) is 38.2. The van der Waals surface area contributed by atoms with Crippen LogP contribution in [0, 0.1) is 18.8 Å². The fourth-order valence-electron chi connectivity index (χ4n) is 3.29. The monoisotopic (exact) mass is 350 g/mol. The van der Waals surface area contributed by atoms with Gasteiger partial charge in [0.15, 0.2) is 0 Å². The number of imide groups is 1. The summed E-state index contributed by atoms with van der Waals surface area (Å²) in [5, 5.41) is 2.68. The van der Waals surface area contributed by atoms with Gasteiger partial charge in [0.25, 0.3) is 0 Å². The summed E-state index contributed by atoms with van der Waals surface area (Å²) in [5.41, 5.74) is 3.25. The van der Waals surface area contributed by atoms with Crippen molar-refractivity contribution >= 4 is 29.1 Å². The van der Waals surface area contributed by atoms with Crippen LogP contribution >= 0.6 is 0 Å². The normalized spacial score (nSPS) is 19.7. The number of amides is 3. The van der Waals surface area contributed by atoms with Crippen molar-refractivity contribution in [3.63, 3.8) is 0 Å². The summed E-state index contributed by atoms with van der Waals surface area (Å²) in [6.07, 6.45) is 0.536. The minimum atomic E-state index is -0.381. The van der Waals surface area contributed by atoms with E-state index in [9.17, 15) is 14.4 Å². The number of nitrogens with one attached hydrogen (secondary N) is 1. The van der Waals surface area contributed by atoms with E-state index in [0.717, 1.165) is 11.1 Å². The van der Waals surface area contributed by atoms with Crippen LogP contribution in [-0.2, 0) is 20.8 Å². The van der Waals surface area contributed by atoms with Crippen LogP contribution in [-0.4, -0.2) is 17.7 Å². The van der Waals surface area contributed by atoms with Gasteiger partial charge in [-0.05, 0) is 37.1 Å². The Kier molecular flexibility index (Phi) is 4.89. The van der Waals surface area contributed by atoms with Crippen molar-refractivity contribution in [2.24, 2.45) is 11.8 Å². The minimum Gasteiger partial charge on any atom is -0.326 e. The van der Waals surface area contributed by atoms with Gasteiger partial charge in [-0.1, -0.05) is 42.8 Å². The Labute approximate surface area is 153 Å². The molecule has 26 heavy (non-hydrogen) atoms. The van der Waals surface area contributed by atoms with Crippen molar-refractivity contribution in [3.8, 4) is 0 Å². The van der Waals surface area contributed by atoms with E-state index in [-0.39, 0.29) is 29.6 Å². The van der Waals surface area contributed by atoms with Gasteiger partial charge in [0, 0.05) is 18.5 Å². The van der Waals surface area contributed by atoms with E-state index in [1.54, 1.807) is 31.2 Å². The number of aryl methyl sites for hydroxylation is 1. The van der Waals surface area contributed by atoms with E-state index in [1.807, 2.05) is 31.2 Å². The van der Waals surface area contributed by atoms with Crippen LogP contribution in [0.2, 0.25) is 0 Å². The first-order valence-corrected chi connectivity index (χ1v) is 8.68. The second-order valence-corrected chi connectivity index (χ2v) is 6.83. The van der Waals surface area contributed by atoms with Gasteiger partial charge in [0.05, 0.1) is 11.6 Å². The molecule has 2 atom stereocenters. The largest absolute Gasteiger partial charge is 0.326 e. The maximum absolute atomic E-state index is 12.9. The van der Waals surface area contributed by atoms with Crippen LogP contribution in [0.15, 0.2) is 48.5 Å². The molecule has 0 bridgehead atoms. The zero-order chi connectivity index (χ0) is 18.8. The number of rotatable bonds is 4. The lowest BCUT2D eigenvalue weighted by atomic mass is 9.90. The predicted octanol–water partition coefficient (Wildman–Crippen LogP) is 3.32. The summed E-state index contributed by atoms with van der Waals surface area (Å²) in [6, 6.07) is 14.8. The number of benzene rings is 2. The molecule has 1 saturated heterocycles. The van der Waals surface area contributed by atoms with Crippen LogP contribution in [0.1, 0.15) is 25.0 Å². The fourth-order valence-corrected chi connectivity index (χ4v) is 3.29. The van der Waals surface area contributed by atoms with E-state index < -0.39 is 0 Å². The third kappa shape index (κ3) is 3.52. The molecule has 1 N–H and O–H groups in total. The number of hydrogen-bond acceptors (Lipinski definition) is 3. The first kappa shape index (κ1) is 17.9. The van der Waals surface area contributed by atoms with Crippen LogP contribution in [0.25, 0.3) is 0 Å². The molecular formula is C21H22N2O3. The van der Waals surface area contributed by atoms with Gasteiger partial charge in [-0.25, -0.2) is 4.90 Å². The Morgan fingerprint density at radius 2 is 1.77 bits per heavy atom. The summed E-state index contributed by atoms with van der Waals surface area (Å²) >= 11 is 0. The molecule has 1 aliphatic heterocycles. The molecule has 3 rings (SSSR count). The van der Waals surface area contributed by atoms with Gasteiger partial charge in [-0.15, -0.1) is 0 Å². The first-order valence-electron chi connectivity index (χ1n) is 8.68. The number of anilines is 2. The Balaban J connectivity index is 1.85. The molecular weight excluding hydrogens is 328 g/mol. The van der Waals surface area contributed by atoms with E-state index in [1.165, 1.54) is 11.8 Å². The maximum Gasteiger partial charge on any atom is 0.238 e. The van der Waals surface area contributed by atoms with Crippen LogP contribution in [0.3, 0.4) is 0 Å². The third-order valence-electron chi connectivity index (χ3n) is 4.75. The zero-order valence-electron chi connectivity index (χ0n) is 15.2. The van der Waals surface area contributed by atoms with Gasteiger partial charge in [0.2, 0.25) is 17.7 Å². The molecule has 1 heterocycles. The second kappa shape index (κ2) is 7.12. The predicted molar refractivity (Wildman–Crippen MR) is 101 cm³/mol. The van der Waals surface area contributed by atoms with Crippen molar-refractivity contribution in [3.05, 3.63) is 59.7 Å². The Bertz CT molecular complexity index is 858. The molecule has 0 spiro atoms. The molecule has 0 unspecified atom stereocenters. The summed E-state index contributed by atoms with van der Waals surface area (Å²) in [7, 11) is 0. The molecule has 0 radical (unpaired) electrons. The van der Waals surface area contributed by atoms with E-state index >= 15 is 0 Å². The molecule has 3 amide bonds. The Morgan fingerprint density at radius 3 is 2.42 bits per heavy atom. The molecule has 1 fully saturated rings. The van der Waals surface area contributed by atoms with Crippen LogP contribution < -0.4 is 10.2 Å². The van der Waals surface area contributed by atoms with E-state index in [4.69, 9.17) is 0 Å². The molecule has 0 aliphatic carbocycles. The first-order chi connectivity index (χ1) is 12.4. The van der Waals surface area contributed by atoms with Gasteiger partial charge in [0.1, 0.15) is 0 Å². The molecule has 134 valence electrons. The van der Waals surface area contributed by atoms with Crippen molar-refractivity contribution in [2.75, 3.05) is 10.2 Å². The van der Waals surface area contributed by atoms with Crippen molar-refractivity contribution in [1.29, 1.82) is 0 Å². The Morgan fingerprint density at radius 1 is 1.08 bits per heavy atom. The average Bonchev–Trinajstić information content (AvgIpc) is 2.80.